The third kappa shape index (κ3) is 3.05. The number of aromatic nitrogens is 2. The third-order valence-corrected chi connectivity index (χ3v) is 5.54. The normalized spacial score (nSPS) is 18.2. The molecule has 1 aromatic carbocycles. The van der Waals surface area contributed by atoms with Gasteiger partial charge in [-0.3, -0.25) is 19.3 Å². The number of nitrogens with one attached hydrogen (secondary N) is 1. The predicted octanol–water partition coefficient (Wildman–Crippen LogP) is 3.57. The molecule has 0 bridgehead atoms. The Morgan fingerprint density at radius 1 is 1.26 bits per heavy atom. The minimum absolute atomic E-state index is 0.0727. The molecule has 0 saturated heterocycles. The molecule has 140 valence electrons. The summed E-state index contributed by atoms with van der Waals surface area (Å²) in [5.74, 6) is -0.253. The average Bonchev–Trinajstić information content (AvgIpc) is 3.09. The maximum absolute atomic E-state index is 12.4. The van der Waals surface area contributed by atoms with Gasteiger partial charge in [0.05, 0.1) is 5.69 Å². The molecule has 0 spiro atoms. The molecule has 2 heterocycles. The molecule has 0 radical (unpaired) electrons. The zero-order valence-electron chi connectivity index (χ0n) is 15.4. The molecular weight excluding hydrogens is 342 g/mol. The quantitative estimate of drug-likeness (QED) is 0.872. The lowest BCUT2D eigenvalue weighted by Crippen LogP contribution is -2.34. The van der Waals surface area contributed by atoms with Gasteiger partial charge in [0.2, 0.25) is 5.88 Å². The van der Waals surface area contributed by atoms with E-state index in [2.05, 4.69) is 16.9 Å². The van der Waals surface area contributed by atoms with E-state index in [1.165, 1.54) is 4.57 Å². The van der Waals surface area contributed by atoms with E-state index in [1.807, 2.05) is 18.2 Å². The summed E-state index contributed by atoms with van der Waals surface area (Å²) < 4.78 is 1.35. The lowest BCUT2D eigenvalue weighted by atomic mass is 9.95. The summed E-state index contributed by atoms with van der Waals surface area (Å²) in [5.41, 5.74) is 2.72. The van der Waals surface area contributed by atoms with Crippen molar-refractivity contribution in [3.8, 4) is 5.88 Å². The highest BCUT2D eigenvalue weighted by Gasteiger charge is 2.23. The van der Waals surface area contributed by atoms with Gasteiger partial charge < -0.3 is 5.11 Å². The van der Waals surface area contributed by atoms with Crippen molar-refractivity contribution in [2.45, 2.75) is 51.5 Å². The van der Waals surface area contributed by atoms with Gasteiger partial charge in [-0.25, -0.2) is 4.79 Å². The van der Waals surface area contributed by atoms with Crippen LogP contribution >= 0.6 is 0 Å². The first-order valence-electron chi connectivity index (χ1n) is 9.56. The summed E-state index contributed by atoms with van der Waals surface area (Å²) in [4.78, 5) is 31.6. The number of nitrogens with zero attached hydrogens (tertiary/aromatic N) is 2. The second-order valence-corrected chi connectivity index (χ2v) is 7.18. The zero-order valence-corrected chi connectivity index (χ0v) is 15.4. The van der Waals surface area contributed by atoms with Gasteiger partial charge in [0.25, 0.3) is 5.56 Å². The molecular formula is C21H23N3O3. The van der Waals surface area contributed by atoms with Crippen LogP contribution in [0, 0.1) is 0 Å². The van der Waals surface area contributed by atoms with Gasteiger partial charge in [-0.15, -0.1) is 0 Å². The lowest BCUT2D eigenvalue weighted by Gasteiger charge is -2.24. The van der Waals surface area contributed by atoms with Crippen LogP contribution in [0.2, 0.25) is 0 Å². The van der Waals surface area contributed by atoms with Crippen molar-refractivity contribution >= 4 is 23.6 Å². The number of H-pyrrole nitrogens is 1. The Bertz CT molecular complexity index is 1050. The molecule has 1 aliphatic carbocycles. The van der Waals surface area contributed by atoms with Crippen LogP contribution in [-0.4, -0.2) is 20.9 Å². The van der Waals surface area contributed by atoms with Gasteiger partial charge in [-0.05, 0) is 30.9 Å². The van der Waals surface area contributed by atoms with Crippen LogP contribution in [0.25, 0.3) is 11.6 Å². The molecule has 1 aliphatic heterocycles. The van der Waals surface area contributed by atoms with Crippen LogP contribution in [0.15, 0.2) is 32.8 Å². The SMILES string of the molecule is CCc1cccc2c1N=CC2=Cc1c(O)n(C2CCCCC2)c(=O)[nH]c1=O. The van der Waals surface area contributed by atoms with Crippen molar-refractivity contribution in [1.82, 2.24) is 9.55 Å². The maximum Gasteiger partial charge on any atom is 0.331 e. The van der Waals surface area contributed by atoms with Crippen molar-refractivity contribution in [2.75, 3.05) is 0 Å². The molecule has 4 rings (SSSR count). The largest absolute Gasteiger partial charge is 0.494 e. The number of fused-ring (bicyclic) bond motifs is 1. The molecule has 2 aromatic rings. The molecule has 1 fully saturated rings. The van der Waals surface area contributed by atoms with Crippen molar-refractivity contribution in [2.24, 2.45) is 4.99 Å². The summed E-state index contributed by atoms with van der Waals surface area (Å²) in [6.07, 6.45) is 9.04. The smallest absolute Gasteiger partial charge is 0.331 e. The predicted molar refractivity (Wildman–Crippen MR) is 107 cm³/mol. The van der Waals surface area contributed by atoms with Crippen LogP contribution in [0.4, 0.5) is 5.69 Å². The van der Waals surface area contributed by atoms with Gasteiger partial charge in [0.15, 0.2) is 0 Å². The Labute approximate surface area is 156 Å². The zero-order chi connectivity index (χ0) is 19.0. The van der Waals surface area contributed by atoms with Crippen LogP contribution in [0.3, 0.4) is 0 Å². The van der Waals surface area contributed by atoms with E-state index >= 15 is 0 Å². The molecule has 1 aromatic heterocycles. The van der Waals surface area contributed by atoms with Gasteiger partial charge in [-0.1, -0.05) is 44.4 Å². The molecule has 0 unspecified atom stereocenters. The molecule has 1 saturated carbocycles. The van der Waals surface area contributed by atoms with E-state index in [0.717, 1.165) is 60.9 Å². The fourth-order valence-electron chi connectivity index (χ4n) is 4.10. The van der Waals surface area contributed by atoms with Crippen molar-refractivity contribution in [1.29, 1.82) is 0 Å². The molecule has 0 amide bonds. The Morgan fingerprint density at radius 3 is 2.78 bits per heavy atom. The third-order valence-electron chi connectivity index (χ3n) is 5.54. The summed E-state index contributed by atoms with van der Waals surface area (Å²) in [5, 5.41) is 10.8. The molecule has 27 heavy (non-hydrogen) atoms. The first kappa shape index (κ1) is 17.5. The number of hydrogen-bond donors (Lipinski definition) is 2. The van der Waals surface area contributed by atoms with Crippen LogP contribution in [-0.2, 0) is 6.42 Å². The number of para-hydroxylation sites is 1. The number of hydrogen-bond acceptors (Lipinski definition) is 4. The van der Waals surface area contributed by atoms with E-state index in [9.17, 15) is 14.7 Å². The topological polar surface area (TPSA) is 87.4 Å². The van der Waals surface area contributed by atoms with Gasteiger partial charge in [0.1, 0.15) is 5.56 Å². The number of rotatable bonds is 3. The summed E-state index contributed by atoms with van der Waals surface area (Å²) in [7, 11) is 0. The highest BCUT2D eigenvalue weighted by atomic mass is 16.3. The highest BCUT2D eigenvalue weighted by molar-refractivity contribution is 6.21. The molecule has 6 heteroatoms. The first-order chi connectivity index (χ1) is 13.1. The monoisotopic (exact) mass is 365 g/mol. The number of aryl methyl sites for hydroxylation is 1. The van der Waals surface area contributed by atoms with E-state index in [4.69, 9.17) is 0 Å². The Kier molecular flexibility index (Phi) is 4.56. The van der Waals surface area contributed by atoms with Crippen LogP contribution < -0.4 is 11.2 Å². The fraction of sp³-hybridized carbons (Fsp3) is 0.381. The second kappa shape index (κ2) is 7.02. The van der Waals surface area contributed by atoms with Crippen LogP contribution in [0.5, 0.6) is 5.88 Å². The van der Waals surface area contributed by atoms with E-state index in [-0.39, 0.29) is 17.5 Å². The Morgan fingerprint density at radius 2 is 2.04 bits per heavy atom. The summed E-state index contributed by atoms with van der Waals surface area (Å²) in [6, 6.07) is 5.88. The minimum Gasteiger partial charge on any atom is -0.494 e. The fourth-order valence-corrected chi connectivity index (χ4v) is 4.10. The number of allylic oxidation sites excluding steroid dienone is 1. The highest BCUT2D eigenvalue weighted by Crippen LogP contribution is 2.36. The van der Waals surface area contributed by atoms with Crippen molar-refractivity contribution < 1.29 is 5.11 Å². The van der Waals surface area contributed by atoms with Crippen molar-refractivity contribution in [3.63, 3.8) is 0 Å². The number of benzene rings is 1. The molecule has 2 aliphatic rings. The molecule has 2 N–H and O–H groups in total. The van der Waals surface area contributed by atoms with Gasteiger partial charge in [-0.2, -0.15) is 0 Å². The summed E-state index contributed by atoms with van der Waals surface area (Å²) >= 11 is 0. The summed E-state index contributed by atoms with van der Waals surface area (Å²) in [6.45, 7) is 2.07. The Balaban J connectivity index is 1.83. The second-order valence-electron chi connectivity index (χ2n) is 7.18. The Hall–Kier alpha value is -2.89. The van der Waals surface area contributed by atoms with Gasteiger partial charge >= 0.3 is 5.69 Å². The van der Waals surface area contributed by atoms with E-state index in [0.29, 0.717) is 0 Å². The average molecular weight is 365 g/mol. The standard InChI is InChI=1S/C21H23N3O3/c1-2-13-7-6-10-16-14(12-22-18(13)16)11-17-19(25)23-21(27)24(20(17)26)15-8-4-3-5-9-15/h6-7,10-12,15,26H,2-5,8-9H2,1H3,(H,23,25,27). The number of aliphatic imine (C=N–C) groups is 1. The molecule has 6 nitrogen and oxygen atoms in total. The van der Waals surface area contributed by atoms with E-state index < -0.39 is 11.2 Å². The minimum atomic E-state index is -0.578. The van der Waals surface area contributed by atoms with Crippen molar-refractivity contribution in [3.05, 3.63) is 55.7 Å². The number of aromatic hydroxyl groups is 1. The molecule has 0 atom stereocenters. The van der Waals surface area contributed by atoms with Crippen LogP contribution in [0.1, 0.15) is 61.8 Å². The van der Waals surface area contributed by atoms with Gasteiger partial charge in [0, 0.05) is 23.4 Å². The lowest BCUT2D eigenvalue weighted by molar-refractivity contribution is 0.298. The van der Waals surface area contributed by atoms with E-state index in [1.54, 1.807) is 12.3 Å². The maximum atomic E-state index is 12.4. The first-order valence-corrected chi connectivity index (χ1v) is 9.56. The number of aromatic amines is 1.